The summed E-state index contributed by atoms with van der Waals surface area (Å²) < 4.78 is 6.10. The maximum Gasteiger partial charge on any atom is 0.152 e. The van der Waals surface area contributed by atoms with Crippen LogP contribution in [0.1, 0.15) is 0 Å². The predicted molar refractivity (Wildman–Crippen MR) is 241 cm³/mol. The molecule has 13 aromatic rings. The monoisotopic (exact) mass is 809 g/mol. The quantitative estimate of drug-likeness (QED) is 0.126. The third-order valence-electron chi connectivity index (χ3n) is 12.0. The number of halogens is 1. The van der Waals surface area contributed by atoms with Crippen molar-refractivity contribution >= 4 is 126 Å². The van der Waals surface area contributed by atoms with Gasteiger partial charge in [-0.1, -0.05) is 140 Å². The highest BCUT2D eigenvalue weighted by Crippen LogP contribution is 2.49. The maximum absolute atomic E-state index is 5.74. The molecule has 3 nitrogen and oxygen atoms in total. The molecule has 0 bridgehead atoms. The minimum Gasteiger partial charge on any atom is -0.308 e. The molecule has 4 aromatic heterocycles. The Morgan fingerprint density at radius 3 is 1.84 bits per heavy atom. The van der Waals surface area contributed by atoms with Gasteiger partial charge in [-0.3, -0.25) is 4.57 Å². The summed E-state index contributed by atoms with van der Waals surface area (Å²) in [6.45, 7) is 0. The van der Waals surface area contributed by atoms with E-state index in [1.165, 1.54) is 92.4 Å². The van der Waals surface area contributed by atoms with E-state index in [0.717, 1.165) is 31.2 Å². The van der Waals surface area contributed by atoms with Gasteiger partial charge in [-0.25, -0.2) is 4.98 Å². The number of hydrogen-bond acceptors (Lipinski definition) is 1. The van der Waals surface area contributed by atoms with E-state index in [2.05, 4.69) is 201 Å². The summed E-state index contributed by atoms with van der Waals surface area (Å²) in [6.07, 6.45) is 0. The van der Waals surface area contributed by atoms with Crippen molar-refractivity contribution in [2.45, 2.75) is 0 Å². The van der Waals surface area contributed by atoms with Crippen LogP contribution in [0, 0.1) is 3.57 Å². The van der Waals surface area contributed by atoms with Crippen LogP contribution in [0.4, 0.5) is 0 Å². The van der Waals surface area contributed by atoms with E-state index >= 15 is 0 Å². The maximum atomic E-state index is 5.74. The fourth-order valence-electron chi connectivity index (χ4n) is 9.75. The molecule has 0 amide bonds. The summed E-state index contributed by atoms with van der Waals surface area (Å²) in [5.41, 5.74) is 9.50. The average Bonchev–Trinajstić information content (AvgIpc) is 3.88. The second-order valence-electron chi connectivity index (χ2n) is 14.8. The first-order valence-corrected chi connectivity index (χ1v) is 19.8. The Morgan fingerprint density at radius 1 is 0.400 bits per heavy atom. The van der Waals surface area contributed by atoms with E-state index in [1.807, 2.05) is 0 Å². The van der Waals surface area contributed by atoms with Crippen LogP contribution < -0.4 is 0 Å². The zero-order valence-corrected chi connectivity index (χ0v) is 31.5. The van der Waals surface area contributed by atoms with Crippen molar-refractivity contribution in [3.63, 3.8) is 0 Å². The van der Waals surface area contributed by atoms with Crippen LogP contribution >= 0.6 is 22.6 Å². The first-order chi connectivity index (χ1) is 27.2. The van der Waals surface area contributed by atoms with Crippen LogP contribution in [0.25, 0.3) is 120 Å². The second kappa shape index (κ2) is 10.8. The molecule has 0 saturated carbocycles. The van der Waals surface area contributed by atoms with Crippen LogP contribution in [0.15, 0.2) is 170 Å². The number of aromatic nitrogens is 3. The molecular weight excluding hydrogens is 781 g/mol. The SMILES string of the molecule is Ic1c(-n2c3ccccc3c3c4c5ccccc5n5c6ccc7ccccc7c6c(cc32)c45)nc2c(ccc3ccccc32)c1-c1ccc2ccccc2c1. The van der Waals surface area contributed by atoms with Crippen molar-refractivity contribution in [3.8, 4) is 16.9 Å². The molecule has 4 heterocycles. The first-order valence-electron chi connectivity index (χ1n) is 18.8. The Bertz CT molecular complexity index is 3790. The molecule has 0 aliphatic carbocycles. The van der Waals surface area contributed by atoms with Gasteiger partial charge in [0.05, 0.1) is 36.7 Å². The number of hydrogen-bond donors (Lipinski definition) is 0. The molecule has 0 N–H and O–H groups in total. The minimum atomic E-state index is 0.949. The Balaban J connectivity index is 1.27. The van der Waals surface area contributed by atoms with Crippen LogP contribution in [0.5, 0.6) is 0 Å². The third-order valence-corrected chi connectivity index (χ3v) is 13.1. The summed E-state index contributed by atoms with van der Waals surface area (Å²) >= 11 is 2.59. The fourth-order valence-corrected chi connectivity index (χ4v) is 10.7. The van der Waals surface area contributed by atoms with E-state index in [0.29, 0.717) is 0 Å². The van der Waals surface area contributed by atoms with Crippen molar-refractivity contribution < 1.29 is 0 Å². The van der Waals surface area contributed by atoms with E-state index in [-0.39, 0.29) is 0 Å². The van der Waals surface area contributed by atoms with E-state index < -0.39 is 0 Å². The molecule has 4 heteroatoms. The smallest absolute Gasteiger partial charge is 0.152 e. The molecule has 55 heavy (non-hydrogen) atoms. The second-order valence-corrected chi connectivity index (χ2v) is 15.9. The van der Waals surface area contributed by atoms with Crippen LogP contribution in [-0.2, 0) is 0 Å². The van der Waals surface area contributed by atoms with Crippen LogP contribution in [0.2, 0.25) is 0 Å². The number of pyridine rings is 1. The van der Waals surface area contributed by atoms with Crippen molar-refractivity contribution in [2.24, 2.45) is 0 Å². The molecule has 0 aliphatic heterocycles. The van der Waals surface area contributed by atoms with E-state index in [1.54, 1.807) is 0 Å². The van der Waals surface area contributed by atoms with Crippen molar-refractivity contribution in [2.75, 3.05) is 0 Å². The summed E-state index contributed by atoms with van der Waals surface area (Å²) in [4.78, 5) is 5.74. The normalized spacial score (nSPS) is 12.5. The molecule has 9 aromatic carbocycles. The lowest BCUT2D eigenvalue weighted by atomic mass is 9.96. The highest BCUT2D eigenvalue weighted by atomic mass is 127. The molecule has 0 saturated heterocycles. The standard InChI is InChI=1S/C51H28IN3/c52-48-44(33-22-21-29-11-1-2-14-32(29)27-33)38-25-23-31-13-4-6-16-35(31)49(38)53-51(48)55-41-20-10-7-17-36(41)46-43(55)28-39-45-34-15-5-3-12-30(34)24-26-42(45)54-40-19-9-8-18-37(40)47(46)50(39)54/h1-28H. The zero-order valence-electron chi connectivity index (χ0n) is 29.4. The Labute approximate surface area is 328 Å². The number of benzene rings is 9. The van der Waals surface area contributed by atoms with Crippen molar-refractivity contribution in [3.05, 3.63) is 173 Å². The Hall–Kier alpha value is -6.50. The van der Waals surface area contributed by atoms with Gasteiger partial charge < -0.3 is 4.40 Å². The van der Waals surface area contributed by atoms with Gasteiger partial charge in [0, 0.05) is 48.7 Å². The van der Waals surface area contributed by atoms with Gasteiger partial charge in [0.2, 0.25) is 0 Å². The molecule has 0 aliphatic rings. The van der Waals surface area contributed by atoms with Gasteiger partial charge in [-0.15, -0.1) is 0 Å². The molecule has 0 atom stereocenters. The lowest BCUT2D eigenvalue weighted by molar-refractivity contribution is 1.09. The number of para-hydroxylation sites is 2. The van der Waals surface area contributed by atoms with Gasteiger partial charge in [0.1, 0.15) is 0 Å². The van der Waals surface area contributed by atoms with Crippen molar-refractivity contribution in [1.29, 1.82) is 0 Å². The van der Waals surface area contributed by atoms with Crippen LogP contribution in [-0.4, -0.2) is 14.0 Å². The summed E-state index contributed by atoms with van der Waals surface area (Å²) in [5, 5.41) is 16.1. The summed E-state index contributed by atoms with van der Waals surface area (Å²) in [5.74, 6) is 0.949. The average molecular weight is 810 g/mol. The molecular formula is C51H28IN3. The molecule has 0 radical (unpaired) electrons. The van der Waals surface area contributed by atoms with Crippen molar-refractivity contribution in [1.82, 2.24) is 14.0 Å². The van der Waals surface area contributed by atoms with Gasteiger partial charge in [0.15, 0.2) is 5.82 Å². The van der Waals surface area contributed by atoms with Crippen LogP contribution in [0.3, 0.4) is 0 Å². The minimum absolute atomic E-state index is 0.949. The molecule has 13 rings (SSSR count). The Morgan fingerprint density at radius 2 is 1.02 bits per heavy atom. The Kier molecular flexibility index (Phi) is 5.87. The highest BCUT2D eigenvalue weighted by Gasteiger charge is 2.27. The highest BCUT2D eigenvalue weighted by molar-refractivity contribution is 14.1. The van der Waals surface area contributed by atoms with E-state index in [9.17, 15) is 0 Å². The van der Waals surface area contributed by atoms with Gasteiger partial charge >= 0.3 is 0 Å². The molecule has 0 fully saturated rings. The largest absolute Gasteiger partial charge is 0.308 e. The summed E-state index contributed by atoms with van der Waals surface area (Å²) in [6, 6.07) is 62.4. The third kappa shape index (κ3) is 3.87. The van der Waals surface area contributed by atoms with Gasteiger partial charge in [0.25, 0.3) is 0 Å². The first kappa shape index (κ1) is 29.9. The zero-order chi connectivity index (χ0) is 35.9. The van der Waals surface area contributed by atoms with E-state index in [4.69, 9.17) is 4.98 Å². The number of fused-ring (bicyclic) bond motifs is 16. The topological polar surface area (TPSA) is 22.2 Å². The number of rotatable bonds is 2. The predicted octanol–water partition coefficient (Wildman–Crippen LogP) is 14.2. The van der Waals surface area contributed by atoms with Gasteiger partial charge in [-0.2, -0.15) is 0 Å². The van der Waals surface area contributed by atoms with Gasteiger partial charge in [-0.05, 0) is 85.4 Å². The molecule has 254 valence electrons. The molecule has 0 spiro atoms. The summed E-state index contributed by atoms with van der Waals surface area (Å²) in [7, 11) is 0. The number of nitrogens with zero attached hydrogens (tertiary/aromatic N) is 3. The molecule has 0 unspecified atom stereocenters. The lowest BCUT2D eigenvalue weighted by Crippen LogP contribution is -2.04. The lowest BCUT2D eigenvalue weighted by Gasteiger charge is -2.18. The fraction of sp³-hybridized carbons (Fsp3) is 0.